The van der Waals surface area contributed by atoms with Crippen molar-refractivity contribution in [3.05, 3.63) is 11.1 Å². The number of aryl methyl sites for hydroxylation is 1. The van der Waals surface area contributed by atoms with Crippen LogP contribution in [0.2, 0.25) is 0 Å². The van der Waals surface area contributed by atoms with Gasteiger partial charge in [0, 0.05) is 25.0 Å². The van der Waals surface area contributed by atoms with Crippen LogP contribution in [0.3, 0.4) is 0 Å². The highest BCUT2D eigenvalue weighted by Crippen LogP contribution is 2.26. The smallest absolute Gasteiger partial charge is 0.224 e. The van der Waals surface area contributed by atoms with Gasteiger partial charge in [-0.15, -0.1) is 11.3 Å². The van der Waals surface area contributed by atoms with Gasteiger partial charge in [-0.3, -0.25) is 4.79 Å². The summed E-state index contributed by atoms with van der Waals surface area (Å²) in [5.41, 5.74) is 1.06. The molecule has 1 aliphatic rings. The van der Waals surface area contributed by atoms with E-state index in [0.717, 1.165) is 49.7 Å². The largest absolute Gasteiger partial charge is 0.356 e. The zero-order valence-corrected chi connectivity index (χ0v) is 13.5. The average molecular weight is 295 g/mol. The standard InChI is InChI=1S/C15H25N3OS/c1-11(2)6-7-16-14(19)13-5-4-8-18(9-13)15-17-12(3)10-20-15/h10-11,13H,4-9H2,1-3H3,(H,16,19)/t13-/m0/s1. The van der Waals surface area contributed by atoms with Crippen LogP contribution in [-0.2, 0) is 4.79 Å². The molecule has 1 aromatic rings. The van der Waals surface area contributed by atoms with Crippen molar-refractivity contribution < 1.29 is 4.79 Å². The molecule has 0 aromatic carbocycles. The van der Waals surface area contributed by atoms with Gasteiger partial charge in [-0.2, -0.15) is 0 Å². The highest BCUT2D eigenvalue weighted by molar-refractivity contribution is 7.13. The van der Waals surface area contributed by atoms with Gasteiger partial charge in [0.1, 0.15) is 0 Å². The van der Waals surface area contributed by atoms with Crippen LogP contribution < -0.4 is 10.2 Å². The Bertz CT molecular complexity index is 444. The first kappa shape index (κ1) is 15.3. The van der Waals surface area contributed by atoms with Gasteiger partial charge in [0.05, 0.1) is 11.6 Å². The molecule has 5 heteroatoms. The molecule has 112 valence electrons. The number of hydrogen-bond acceptors (Lipinski definition) is 4. The van der Waals surface area contributed by atoms with Crippen LogP contribution in [0.4, 0.5) is 5.13 Å². The molecule has 1 aromatic heterocycles. The van der Waals surface area contributed by atoms with E-state index in [1.165, 1.54) is 0 Å². The summed E-state index contributed by atoms with van der Waals surface area (Å²) in [6.45, 7) is 8.99. The Labute approximate surface area is 125 Å². The van der Waals surface area contributed by atoms with Crippen LogP contribution >= 0.6 is 11.3 Å². The second-order valence-electron chi connectivity index (χ2n) is 6.03. The predicted molar refractivity (Wildman–Crippen MR) is 84.3 cm³/mol. The minimum Gasteiger partial charge on any atom is -0.356 e. The van der Waals surface area contributed by atoms with Crippen LogP contribution in [0.25, 0.3) is 0 Å². The van der Waals surface area contributed by atoms with Crippen molar-refractivity contribution in [1.82, 2.24) is 10.3 Å². The third-order valence-corrected chi connectivity index (χ3v) is 4.71. The van der Waals surface area contributed by atoms with Crippen LogP contribution in [0.1, 0.15) is 38.8 Å². The summed E-state index contributed by atoms with van der Waals surface area (Å²) in [6, 6.07) is 0. The molecule has 0 bridgehead atoms. The van der Waals surface area contributed by atoms with Gasteiger partial charge >= 0.3 is 0 Å². The molecule has 2 heterocycles. The zero-order valence-electron chi connectivity index (χ0n) is 12.7. The van der Waals surface area contributed by atoms with Crippen molar-refractivity contribution in [3.63, 3.8) is 0 Å². The topological polar surface area (TPSA) is 45.2 Å². The molecule has 1 saturated heterocycles. The minimum atomic E-state index is 0.111. The van der Waals surface area contributed by atoms with Gasteiger partial charge in [0.15, 0.2) is 5.13 Å². The molecule has 1 N–H and O–H groups in total. The van der Waals surface area contributed by atoms with Gasteiger partial charge in [-0.1, -0.05) is 13.8 Å². The fraction of sp³-hybridized carbons (Fsp3) is 0.733. The lowest BCUT2D eigenvalue weighted by Gasteiger charge is -2.31. The summed E-state index contributed by atoms with van der Waals surface area (Å²) in [5.74, 6) is 0.959. The SMILES string of the molecule is Cc1csc(N2CCC[C@H](C(=O)NCCC(C)C)C2)n1. The lowest BCUT2D eigenvalue weighted by atomic mass is 9.97. The van der Waals surface area contributed by atoms with Gasteiger partial charge in [-0.05, 0) is 32.1 Å². The molecule has 1 aliphatic heterocycles. The molecule has 2 rings (SSSR count). The Morgan fingerprint density at radius 1 is 1.60 bits per heavy atom. The lowest BCUT2D eigenvalue weighted by molar-refractivity contribution is -0.125. The number of nitrogens with zero attached hydrogens (tertiary/aromatic N) is 2. The van der Waals surface area contributed by atoms with Crippen molar-refractivity contribution >= 4 is 22.4 Å². The molecule has 0 aliphatic carbocycles. The summed E-state index contributed by atoms with van der Waals surface area (Å²) in [4.78, 5) is 19.0. The maximum Gasteiger partial charge on any atom is 0.224 e. The summed E-state index contributed by atoms with van der Waals surface area (Å²) < 4.78 is 0. The van der Waals surface area contributed by atoms with Crippen LogP contribution in [0.5, 0.6) is 0 Å². The minimum absolute atomic E-state index is 0.111. The molecular formula is C15H25N3OS. The fourth-order valence-electron chi connectivity index (χ4n) is 2.48. The number of aromatic nitrogens is 1. The first-order valence-corrected chi connectivity index (χ1v) is 8.39. The first-order valence-electron chi connectivity index (χ1n) is 7.51. The number of amides is 1. The summed E-state index contributed by atoms with van der Waals surface area (Å²) in [5, 5.41) is 6.21. The average Bonchev–Trinajstić information content (AvgIpc) is 2.85. The molecule has 1 fully saturated rings. The summed E-state index contributed by atoms with van der Waals surface area (Å²) in [7, 11) is 0. The molecule has 1 atom stereocenters. The molecule has 0 saturated carbocycles. The molecule has 0 spiro atoms. The van der Waals surface area contributed by atoms with E-state index in [1.807, 2.05) is 6.92 Å². The Morgan fingerprint density at radius 2 is 2.40 bits per heavy atom. The van der Waals surface area contributed by atoms with Gasteiger partial charge < -0.3 is 10.2 Å². The number of piperidine rings is 1. The van der Waals surface area contributed by atoms with Crippen molar-refractivity contribution in [3.8, 4) is 0 Å². The van der Waals surface area contributed by atoms with E-state index in [2.05, 4.69) is 34.4 Å². The normalized spacial score (nSPS) is 19.4. The number of hydrogen-bond donors (Lipinski definition) is 1. The monoisotopic (exact) mass is 295 g/mol. The van der Waals surface area contributed by atoms with Crippen molar-refractivity contribution in [2.75, 3.05) is 24.5 Å². The first-order chi connectivity index (χ1) is 9.56. The van der Waals surface area contributed by atoms with Crippen molar-refractivity contribution in [2.45, 2.75) is 40.0 Å². The number of rotatable bonds is 5. The molecule has 0 unspecified atom stereocenters. The maximum atomic E-state index is 12.2. The second kappa shape index (κ2) is 7.07. The quantitative estimate of drug-likeness (QED) is 0.908. The van der Waals surface area contributed by atoms with E-state index in [9.17, 15) is 4.79 Å². The van der Waals surface area contributed by atoms with Crippen LogP contribution in [0, 0.1) is 18.8 Å². The van der Waals surface area contributed by atoms with E-state index in [-0.39, 0.29) is 11.8 Å². The molecule has 4 nitrogen and oxygen atoms in total. The Hall–Kier alpha value is -1.10. The number of anilines is 1. The highest BCUT2D eigenvalue weighted by Gasteiger charge is 2.26. The second-order valence-corrected chi connectivity index (χ2v) is 6.87. The van der Waals surface area contributed by atoms with E-state index in [1.54, 1.807) is 11.3 Å². The number of carbonyl (C=O) groups excluding carboxylic acids is 1. The number of nitrogens with one attached hydrogen (secondary N) is 1. The third-order valence-electron chi connectivity index (χ3n) is 3.69. The van der Waals surface area contributed by atoms with Crippen molar-refractivity contribution in [2.24, 2.45) is 11.8 Å². The number of carbonyl (C=O) groups is 1. The lowest BCUT2D eigenvalue weighted by Crippen LogP contribution is -2.43. The summed E-state index contributed by atoms with van der Waals surface area (Å²) in [6.07, 6.45) is 3.11. The predicted octanol–water partition coefficient (Wildman–Crippen LogP) is 2.83. The summed E-state index contributed by atoms with van der Waals surface area (Å²) >= 11 is 1.67. The van der Waals surface area contributed by atoms with E-state index in [4.69, 9.17) is 0 Å². The zero-order chi connectivity index (χ0) is 14.5. The van der Waals surface area contributed by atoms with Crippen LogP contribution in [0.15, 0.2) is 5.38 Å². The van der Waals surface area contributed by atoms with Crippen LogP contribution in [-0.4, -0.2) is 30.5 Å². The molecule has 1 amide bonds. The van der Waals surface area contributed by atoms with E-state index >= 15 is 0 Å². The maximum absolute atomic E-state index is 12.2. The fourth-order valence-corrected chi connectivity index (χ4v) is 3.32. The van der Waals surface area contributed by atoms with Crippen molar-refractivity contribution in [1.29, 1.82) is 0 Å². The molecule has 0 radical (unpaired) electrons. The Balaban J connectivity index is 1.85. The molecule has 20 heavy (non-hydrogen) atoms. The Morgan fingerprint density at radius 3 is 3.05 bits per heavy atom. The Kier molecular flexibility index (Phi) is 5.40. The van der Waals surface area contributed by atoms with Gasteiger partial charge in [0.25, 0.3) is 0 Å². The van der Waals surface area contributed by atoms with E-state index < -0.39 is 0 Å². The number of thiazole rings is 1. The van der Waals surface area contributed by atoms with Gasteiger partial charge in [-0.25, -0.2) is 4.98 Å². The highest BCUT2D eigenvalue weighted by atomic mass is 32.1. The van der Waals surface area contributed by atoms with Gasteiger partial charge in [0.2, 0.25) is 5.91 Å². The van der Waals surface area contributed by atoms with E-state index in [0.29, 0.717) is 5.92 Å². The third kappa shape index (κ3) is 4.20. The molecular weight excluding hydrogens is 270 g/mol.